The lowest BCUT2D eigenvalue weighted by Crippen LogP contribution is -2.49. The number of aromatic amines is 1. The fourth-order valence-corrected chi connectivity index (χ4v) is 6.60. The lowest BCUT2D eigenvalue weighted by molar-refractivity contribution is 0.100. The lowest BCUT2D eigenvalue weighted by atomic mass is 10.1. The van der Waals surface area contributed by atoms with Crippen LogP contribution in [-0.2, 0) is 23.5 Å². The SMILES string of the molecule is CCCOc1ccc(S(=O)(=O)N2CCN(CCO)CC2)cc1-c1nc2c(CCC)c(C(C)=O)n(C)c2c(=O)[nH]1. The van der Waals surface area contributed by atoms with E-state index in [1.54, 1.807) is 17.7 Å². The molecule has 0 spiro atoms. The van der Waals surface area contributed by atoms with E-state index in [1.807, 2.05) is 18.7 Å². The van der Waals surface area contributed by atoms with Gasteiger partial charge in [-0.15, -0.1) is 0 Å². The molecule has 12 heteroatoms. The monoisotopic (exact) mass is 559 g/mol. The summed E-state index contributed by atoms with van der Waals surface area (Å²) in [5.41, 5.74) is 1.82. The number of hydrogen-bond acceptors (Lipinski definition) is 8. The zero-order valence-electron chi connectivity index (χ0n) is 23.0. The number of nitrogens with zero attached hydrogens (tertiary/aromatic N) is 4. The molecule has 1 aromatic carbocycles. The van der Waals surface area contributed by atoms with Crippen LogP contribution in [0.5, 0.6) is 5.75 Å². The second kappa shape index (κ2) is 12.0. The molecule has 0 radical (unpaired) electrons. The molecular formula is C27H37N5O6S. The van der Waals surface area contributed by atoms with Gasteiger partial charge in [0, 0.05) is 52.3 Å². The van der Waals surface area contributed by atoms with Crippen molar-refractivity contribution in [2.75, 3.05) is 45.9 Å². The molecule has 1 aliphatic rings. The average Bonchev–Trinajstić information content (AvgIpc) is 3.19. The molecule has 2 N–H and O–H groups in total. The van der Waals surface area contributed by atoms with Gasteiger partial charge >= 0.3 is 0 Å². The number of carbonyl (C=O) groups excluding carboxylic acids is 1. The van der Waals surface area contributed by atoms with Crippen LogP contribution in [0.4, 0.5) is 0 Å². The van der Waals surface area contributed by atoms with Gasteiger partial charge in [0.05, 0.1) is 29.4 Å². The fourth-order valence-electron chi connectivity index (χ4n) is 5.15. The number of fused-ring (bicyclic) bond motifs is 1. The maximum Gasteiger partial charge on any atom is 0.275 e. The summed E-state index contributed by atoms with van der Waals surface area (Å²) in [6.45, 7) is 8.04. The van der Waals surface area contributed by atoms with Crippen LogP contribution in [0, 0.1) is 0 Å². The number of H-pyrrole nitrogens is 1. The van der Waals surface area contributed by atoms with Gasteiger partial charge in [-0.1, -0.05) is 20.3 Å². The average molecular weight is 560 g/mol. The van der Waals surface area contributed by atoms with E-state index in [1.165, 1.54) is 23.4 Å². The van der Waals surface area contributed by atoms with E-state index in [0.717, 1.165) is 12.8 Å². The molecule has 0 saturated carbocycles. The Morgan fingerprint density at radius 1 is 1.15 bits per heavy atom. The zero-order valence-corrected chi connectivity index (χ0v) is 23.8. The molecule has 1 saturated heterocycles. The Hall–Kier alpha value is -3.06. The quantitative estimate of drug-likeness (QED) is 0.341. The van der Waals surface area contributed by atoms with E-state index < -0.39 is 15.6 Å². The number of aliphatic hydroxyl groups is 1. The normalized spacial score (nSPS) is 15.2. The Bertz CT molecular complexity index is 1520. The fraction of sp³-hybridized carbons (Fsp3) is 0.519. The number of β-amino-alcohol motifs (C(OH)–C–C–N with tert-alkyl or cyclic N) is 1. The molecule has 39 heavy (non-hydrogen) atoms. The maximum absolute atomic E-state index is 13.6. The maximum atomic E-state index is 13.6. The summed E-state index contributed by atoms with van der Waals surface area (Å²) >= 11 is 0. The summed E-state index contributed by atoms with van der Waals surface area (Å²) in [5.74, 6) is 0.436. The van der Waals surface area contributed by atoms with Gasteiger partial charge in [-0.05, 0) is 31.0 Å². The van der Waals surface area contributed by atoms with Crippen molar-refractivity contribution in [3.8, 4) is 17.1 Å². The molecule has 212 valence electrons. The number of aliphatic hydroxyl groups excluding tert-OH is 1. The molecule has 11 nitrogen and oxygen atoms in total. The van der Waals surface area contributed by atoms with E-state index in [9.17, 15) is 23.1 Å². The number of hydrogen-bond donors (Lipinski definition) is 2. The topological polar surface area (TPSA) is 138 Å². The highest BCUT2D eigenvalue weighted by Crippen LogP contribution is 2.33. The van der Waals surface area contributed by atoms with Gasteiger partial charge in [-0.25, -0.2) is 13.4 Å². The molecule has 0 bridgehead atoms. The zero-order chi connectivity index (χ0) is 28.3. The molecule has 1 fully saturated rings. The van der Waals surface area contributed by atoms with Crippen LogP contribution in [0.2, 0.25) is 0 Å². The molecule has 0 aliphatic carbocycles. The largest absolute Gasteiger partial charge is 0.493 e. The standard InChI is InChI=1S/C27H37N5O6S/c1-5-7-20-23-25(30(4)24(20)18(3)34)27(35)29-26(28-23)21-17-19(8-9-22(21)38-16-6-2)39(36,37)32-12-10-31(11-13-32)14-15-33/h8-9,17,33H,5-7,10-16H2,1-4H3,(H,28,29,35). The molecule has 1 aliphatic heterocycles. The number of rotatable bonds is 11. The molecule has 0 amide bonds. The smallest absolute Gasteiger partial charge is 0.275 e. The van der Waals surface area contributed by atoms with Crippen molar-refractivity contribution in [1.29, 1.82) is 0 Å². The minimum Gasteiger partial charge on any atom is -0.493 e. The summed E-state index contributed by atoms with van der Waals surface area (Å²) in [6, 6.07) is 4.61. The number of benzene rings is 1. The molecule has 3 aromatic rings. The molecule has 0 atom stereocenters. The van der Waals surface area contributed by atoms with Crippen molar-refractivity contribution in [3.05, 3.63) is 39.8 Å². The van der Waals surface area contributed by atoms with Gasteiger partial charge in [-0.2, -0.15) is 4.31 Å². The number of Topliss-reactive ketones (excluding diaryl/α,β-unsaturated/α-hetero) is 1. The van der Waals surface area contributed by atoms with E-state index in [2.05, 4.69) is 4.98 Å². The number of carbonyl (C=O) groups is 1. The summed E-state index contributed by atoms with van der Waals surface area (Å²) in [4.78, 5) is 35.4. The van der Waals surface area contributed by atoms with Crippen LogP contribution in [-0.4, -0.2) is 89.0 Å². The third-order valence-corrected chi connectivity index (χ3v) is 8.92. The first kappa shape index (κ1) is 28.9. The molecule has 4 rings (SSSR count). The van der Waals surface area contributed by atoms with Crippen molar-refractivity contribution in [2.45, 2.75) is 44.9 Å². The Morgan fingerprint density at radius 2 is 1.87 bits per heavy atom. The first-order valence-electron chi connectivity index (χ1n) is 13.4. The van der Waals surface area contributed by atoms with Gasteiger partial charge < -0.3 is 19.4 Å². The highest BCUT2D eigenvalue weighted by molar-refractivity contribution is 7.89. The molecule has 0 unspecified atom stereocenters. The van der Waals surface area contributed by atoms with Crippen LogP contribution < -0.4 is 10.3 Å². The van der Waals surface area contributed by atoms with Crippen LogP contribution in [0.25, 0.3) is 22.4 Å². The van der Waals surface area contributed by atoms with Crippen molar-refractivity contribution in [3.63, 3.8) is 0 Å². The van der Waals surface area contributed by atoms with E-state index in [-0.39, 0.29) is 23.1 Å². The summed E-state index contributed by atoms with van der Waals surface area (Å²) in [5, 5.41) is 9.19. The Morgan fingerprint density at radius 3 is 2.49 bits per heavy atom. The second-order valence-corrected chi connectivity index (χ2v) is 11.7. The van der Waals surface area contributed by atoms with Gasteiger partial charge in [0.2, 0.25) is 10.0 Å². The summed E-state index contributed by atoms with van der Waals surface area (Å²) < 4.78 is 36.1. The first-order chi connectivity index (χ1) is 18.6. The molecular weight excluding hydrogens is 522 g/mol. The highest BCUT2D eigenvalue weighted by Gasteiger charge is 2.30. The minimum absolute atomic E-state index is 0.0279. The summed E-state index contributed by atoms with van der Waals surface area (Å²) in [6.07, 6.45) is 2.06. The van der Waals surface area contributed by atoms with Crippen LogP contribution in [0.1, 0.15) is 49.7 Å². The predicted molar refractivity (Wildman–Crippen MR) is 149 cm³/mol. The van der Waals surface area contributed by atoms with Crippen molar-refractivity contribution in [2.24, 2.45) is 7.05 Å². The molecule has 2 aromatic heterocycles. The van der Waals surface area contributed by atoms with Gasteiger partial charge in [-0.3, -0.25) is 14.5 Å². The van der Waals surface area contributed by atoms with E-state index in [0.29, 0.717) is 79.4 Å². The third kappa shape index (κ3) is 5.65. The number of nitrogens with one attached hydrogen (secondary N) is 1. The van der Waals surface area contributed by atoms with Crippen molar-refractivity contribution >= 4 is 26.8 Å². The Kier molecular flexibility index (Phi) is 8.90. The van der Waals surface area contributed by atoms with E-state index >= 15 is 0 Å². The number of ether oxygens (including phenoxy) is 1. The molecule has 3 heterocycles. The van der Waals surface area contributed by atoms with Gasteiger partial charge in [0.15, 0.2) is 5.78 Å². The lowest BCUT2D eigenvalue weighted by Gasteiger charge is -2.33. The van der Waals surface area contributed by atoms with Gasteiger partial charge in [0.25, 0.3) is 5.56 Å². The number of aryl methyl sites for hydroxylation is 2. The highest BCUT2D eigenvalue weighted by atomic mass is 32.2. The summed E-state index contributed by atoms with van der Waals surface area (Å²) in [7, 11) is -2.15. The van der Waals surface area contributed by atoms with Crippen LogP contribution in [0.3, 0.4) is 0 Å². The predicted octanol–water partition coefficient (Wildman–Crippen LogP) is 2.17. The third-order valence-electron chi connectivity index (χ3n) is 7.02. The first-order valence-corrected chi connectivity index (χ1v) is 14.8. The van der Waals surface area contributed by atoms with Gasteiger partial charge in [0.1, 0.15) is 22.6 Å². The van der Waals surface area contributed by atoms with E-state index in [4.69, 9.17) is 9.72 Å². The van der Waals surface area contributed by atoms with Crippen molar-refractivity contribution in [1.82, 2.24) is 23.7 Å². The second-order valence-electron chi connectivity index (χ2n) is 9.78. The van der Waals surface area contributed by atoms with Crippen LogP contribution >= 0.6 is 0 Å². The number of piperazine rings is 1. The Balaban J connectivity index is 1.84. The number of ketones is 1. The van der Waals surface area contributed by atoms with Crippen molar-refractivity contribution < 1.29 is 23.1 Å². The Labute approximate surface area is 228 Å². The number of sulfonamides is 1. The van der Waals surface area contributed by atoms with Crippen LogP contribution in [0.15, 0.2) is 27.9 Å². The number of aromatic nitrogens is 3. The minimum atomic E-state index is -3.83.